The number of carbonyl (C=O) groups is 1. The van der Waals surface area contributed by atoms with Crippen LogP contribution in [0.4, 0.5) is 0 Å². The van der Waals surface area contributed by atoms with E-state index in [9.17, 15) is 4.79 Å². The van der Waals surface area contributed by atoms with Gasteiger partial charge < -0.3 is 4.74 Å². The van der Waals surface area contributed by atoms with Crippen molar-refractivity contribution in [2.45, 2.75) is 26.2 Å². The van der Waals surface area contributed by atoms with Crippen LogP contribution >= 0.6 is 12.2 Å². The van der Waals surface area contributed by atoms with Gasteiger partial charge in [-0.15, -0.1) is 0 Å². The lowest BCUT2D eigenvalue weighted by molar-refractivity contribution is -0.143. The molecule has 0 unspecified atom stereocenters. The zero-order valence-electron chi connectivity index (χ0n) is 8.62. The van der Waals surface area contributed by atoms with E-state index in [0.717, 1.165) is 37.3 Å². The quantitative estimate of drug-likeness (QED) is 0.524. The van der Waals surface area contributed by atoms with Gasteiger partial charge in [-0.3, -0.25) is 9.69 Å². The number of nitrogens with zero attached hydrogens (tertiary/aromatic N) is 1. The van der Waals surface area contributed by atoms with Crippen molar-refractivity contribution in [3.05, 3.63) is 0 Å². The lowest BCUT2D eigenvalue weighted by Gasteiger charge is -2.26. The number of thiocarbonyl (C=S) groups is 1. The van der Waals surface area contributed by atoms with Crippen molar-refractivity contribution in [2.75, 3.05) is 26.2 Å². The number of piperidine rings is 1. The summed E-state index contributed by atoms with van der Waals surface area (Å²) in [6.07, 6.45) is 2.67. The summed E-state index contributed by atoms with van der Waals surface area (Å²) in [7, 11) is 0. The average Bonchev–Trinajstić information content (AvgIpc) is 2.15. The van der Waals surface area contributed by atoms with Crippen molar-refractivity contribution in [1.82, 2.24) is 4.90 Å². The minimum Gasteiger partial charge on any atom is -0.466 e. The van der Waals surface area contributed by atoms with Crippen LogP contribution in [0.5, 0.6) is 0 Å². The first-order valence-corrected chi connectivity index (χ1v) is 5.53. The number of esters is 1. The van der Waals surface area contributed by atoms with Crippen molar-refractivity contribution in [1.29, 1.82) is 0 Å². The number of hydrogen-bond acceptors (Lipinski definition) is 4. The highest BCUT2D eigenvalue weighted by atomic mass is 32.1. The highest BCUT2D eigenvalue weighted by Gasteiger charge is 2.14. The molecule has 0 aliphatic carbocycles. The molecule has 80 valence electrons. The van der Waals surface area contributed by atoms with Gasteiger partial charge >= 0.3 is 5.97 Å². The lowest BCUT2D eigenvalue weighted by atomic mass is 10.1. The molecule has 1 aliphatic rings. The van der Waals surface area contributed by atoms with Gasteiger partial charge in [0.1, 0.15) is 0 Å². The van der Waals surface area contributed by atoms with Gasteiger partial charge in [0.15, 0.2) is 0 Å². The molecule has 0 N–H and O–H groups in total. The van der Waals surface area contributed by atoms with Crippen LogP contribution in [-0.4, -0.2) is 42.0 Å². The standard InChI is InChI=1S/C10H17NO2S/c1-2-13-10(12)5-7-11-6-3-4-9(14)8-11/h2-8H2,1H3. The number of carbonyl (C=O) groups excluding carboxylic acids is 1. The Hall–Kier alpha value is -0.480. The Balaban J connectivity index is 2.17. The SMILES string of the molecule is CCOC(=O)CCN1CCCC(=S)C1. The maximum atomic E-state index is 11.1. The molecule has 1 saturated heterocycles. The summed E-state index contributed by atoms with van der Waals surface area (Å²) >= 11 is 5.16. The van der Waals surface area contributed by atoms with E-state index < -0.39 is 0 Å². The third-order valence-electron chi connectivity index (χ3n) is 2.27. The fourth-order valence-electron chi connectivity index (χ4n) is 1.58. The van der Waals surface area contributed by atoms with E-state index in [1.807, 2.05) is 6.92 Å². The third-order valence-corrected chi connectivity index (χ3v) is 2.60. The Morgan fingerprint density at radius 1 is 1.64 bits per heavy atom. The van der Waals surface area contributed by atoms with Gasteiger partial charge in [0.25, 0.3) is 0 Å². The van der Waals surface area contributed by atoms with Gasteiger partial charge in [-0.1, -0.05) is 12.2 Å². The van der Waals surface area contributed by atoms with E-state index in [4.69, 9.17) is 17.0 Å². The maximum Gasteiger partial charge on any atom is 0.307 e. The van der Waals surface area contributed by atoms with Crippen molar-refractivity contribution in [3.63, 3.8) is 0 Å². The minimum atomic E-state index is -0.107. The monoisotopic (exact) mass is 215 g/mol. The summed E-state index contributed by atoms with van der Waals surface area (Å²) in [5, 5.41) is 0. The first-order chi connectivity index (χ1) is 6.72. The number of rotatable bonds is 4. The van der Waals surface area contributed by atoms with E-state index in [1.165, 1.54) is 0 Å². The van der Waals surface area contributed by atoms with Gasteiger partial charge in [0, 0.05) is 18.0 Å². The second-order valence-corrected chi connectivity index (χ2v) is 4.05. The Kier molecular flexibility index (Phi) is 5.04. The molecule has 0 saturated carbocycles. The van der Waals surface area contributed by atoms with Gasteiger partial charge in [-0.25, -0.2) is 0 Å². The van der Waals surface area contributed by atoms with Crippen molar-refractivity contribution in [3.8, 4) is 0 Å². The largest absolute Gasteiger partial charge is 0.466 e. The Bertz CT molecular complexity index is 218. The van der Waals surface area contributed by atoms with Crippen LogP contribution in [0, 0.1) is 0 Å². The van der Waals surface area contributed by atoms with E-state index in [1.54, 1.807) is 0 Å². The maximum absolute atomic E-state index is 11.1. The number of likely N-dealkylation sites (tertiary alicyclic amines) is 1. The van der Waals surface area contributed by atoms with Crippen LogP contribution in [0.25, 0.3) is 0 Å². The second kappa shape index (κ2) is 6.09. The predicted molar refractivity (Wildman–Crippen MR) is 59.5 cm³/mol. The highest BCUT2D eigenvalue weighted by Crippen LogP contribution is 2.07. The molecule has 0 amide bonds. The molecule has 0 spiro atoms. The molecule has 1 rings (SSSR count). The minimum absolute atomic E-state index is 0.107. The molecule has 14 heavy (non-hydrogen) atoms. The van der Waals surface area contributed by atoms with Gasteiger partial charge in [-0.2, -0.15) is 0 Å². The van der Waals surface area contributed by atoms with Crippen LogP contribution in [0.3, 0.4) is 0 Å². The predicted octanol–water partition coefficient (Wildman–Crippen LogP) is 1.41. The molecule has 0 atom stereocenters. The number of ether oxygens (including phenoxy) is 1. The fraction of sp³-hybridized carbons (Fsp3) is 0.800. The van der Waals surface area contributed by atoms with E-state index in [-0.39, 0.29) is 5.97 Å². The molecular formula is C10H17NO2S. The highest BCUT2D eigenvalue weighted by molar-refractivity contribution is 7.80. The van der Waals surface area contributed by atoms with Crippen LogP contribution in [0.2, 0.25) is 0 Å². The normalized spacial score (nSPS) is 18.2. The summed E-state index contributed by atoms with van der Waals surface area (Å²) in [6.45, 7) is 5.00. The van der Waals surface area contributed by atoms with Crippen molar-refractivity contribution >= 4 is 23.1 Å². The molecule has 1 aliphatic heterocycles. The molecule has 3 nitrogen and oxygen atoms in total. The number of hydrogen-bond donors (Lipinski definition) is 0. The summed E-state index contributed by atoms with van der Waals surface area (Å²) < 4.78 is 4.86. The zero-order chi connectivity index (χ0) is 10.4. The summed E-state index contributed by atoms with van der Waals surface area (Å²) in [5.41, 5.74) is 0. The Labute approximate surface area is 90.4 Å². The molecule has 4 heteroatoms. The second-order valence-electron chi connectivity index (χ2n) is 3.47. The molecule has 0 bridgehead atoms. The third kappa shape index (κ3) is 4.15. The van der Waals surface area contributed by atoms with Crippen molar-refractivity contribution < 1.29 is 9.53 Å². The zero-order valence-corrected chi connectivity index (χ0v) is 9.44. The lowest BCUT2D eigenvalue weighted by Crippen LogP contribution is -2.36. The molecule has 0 aromatic heterocycles. The summed E-state index contributed by atoms with van der Waals surface area (Å²) in [4.78, 5) is 14.4. The summed E-state index contributed by atoms with van der Waals surface area (Å²) in [6, 6.07) is 0. The molecule has 1 heterocycles. The topological polar surface area (TPSA) is 29.5 Å². The molecule has 0 aromatic carbocycles. The summed E-state index contributed by atoms with van der Waals surface area (Å²) in [5.74, 6) is -0.107. The first kappa shape index (κ1) is 11.6. The van der Waals surface area contributed by atoms with E-state index in [0.29, 0.717) is 13.0 Å². The van der Waals surface area contributed by atoms with Crippen LogP contribution in [0.15, 0.2) is 0 Å². The van der Waals surface area contributed by atoms with E-state index >= 15 is 0 Å². The van der Waals surface area contributed by atoms with Crippen LogP contribution < -0.4 is 0 Å². The first-order valence-electron chi connectivity index (χ1n) is 5.12. The fourth-order valence-corrected chi connectivity index (χ4v) is 1.91. The van der Waals surface area contributed by atoms with Crippen LogP contribution in [0.1, 0.15) is 26.2 Å². The molecule has 0 aromatic rings. The van der Waals surface area contributed by atoms with Gasteiger partial charge in [-0.05, 0) is 26.3 Å². The van der Waals surface area contributed by atoms with Crippen LogP contribution in [-0.2, 0) is 9.53 Å². The molecule has 0 radical (unpaired) electrons. The van der Waals surface area contributed by atoms with Gasteiger partial charge in [0.05, 0.1) is 13.0 Å². The smallest absolute Gasteiger partial charge is 0.307 e. The Morgan fingerprint density at radius 2 is 2.43 bits per heavy atom. The van der Waals surface area contributed by atoms with E-state index in [2.05, 4.69) is 4.90 Å². The van der Waals surface area contributed by atoms with Crippen molar-refractivity contribution in [2.24, 2.45) is 0 Å². The van der Waals surface area contributed by atoms with Gasteiger partial charge in [0.2, 0.25) is 0 Å². The molecule has 1 fully saturated rings. The average molecular weight is 215 g/mol. The Morgan fingerprint density at radius 3 is 3.07 bits per heavy atom. The molecular weight excluding hydrogens is 198 g/mol.